The lowest BCUT2D eigenvalue weighted by Gasteiger charge is -2.22. The van der Waals surface area contributed by atoms with Crippen LogP contribution in [-0.2, 0) is 9.59 Å². The number of amides is 2. The monoisotopic (exact) mass is 316 g/mol. The summed E-state index contributed by atoms with van der Waals surface area (Å²) in [4.78, 5) is 24.2. The molecule has 0 saturated carbocycles. The summed E-state index contributed by atoms with van der Waals surface area (Å²) in [6.45, 7) is 8.95. The van der Waals surface area contributed by atoms with Gasteiger partial charge in [0.1, 0.15) is 17.4 Å². The van der Waals surface area contributed by atoms with Crippen LogP contribution in [0.1, 0.15) is 46.4 Å². The van der Waals surface area contributed by atoms with Crippen LogP contribution in [0.3, 0.4) is 0 Å². The average Bonchev–Trinajstić information content (AvgIpc) is 2.90. The number of hydrogen-bond donors (Lipinski definition) is 2. The van der Waals surface area contributed by atoms with Crippen molar-refractivity contribution in [1.29, 1.82) is 0 Å². The Labute approximate surface area is 136 Å². The van der Waals surface area contributed by atoms with Gasteiger partial charge in [-0.05, 0) is 26.0 Å². The van der Waals surface area contributed by atoms with Crippen LogP contribution >= 0.6 is 0 Å². The number of carbonyl (C=O) groups excluding carboxylic acids is 2. The molecule has 1 aromatic carbocycles. The van der Waals surface area contributed by atoms with E-state index in [1.807, 2.05) is 58.0 Å². The number of rotatable bonds is 4. The van der Waals surface area contributed by atoms with Gasteiger partial charge >= 0.3 is 0 Å². The second kappa shape index (κ2) is 6.44. The highest BCUT2D eigenvalue weighted by Gasteiger charge is 2.26. The smallest absolute Gasteiger partial charge is 0.242 e. The Morgan fingerprint density at radius 1 is 1.09 bits per heavy atom. The van der Waals surface area contributed by atoms with Crippen molar-refractivity contribution in [2.75, 3.05) is 0 Å². The van der Waals surface area contributed by atoms with Crippen LogP contribution in [-0.4, -0.2) is 17.9 Å². The van der Waals surface area contributed by atoms with Gasteiger partial charge in [-0.1, -0.05) is 39.0 Å². The minimum atomic E-state index is -0.603. The zero-order valence-electron chi connectivity index (χ0n) is 14.3. The maximum Gasteiger partial charge on any atom is 0.242 e. The van der Waals surface area contributed by atoms with E-state index in [9.17, 15) is 9.59 Å². The fourth-order valence-electron chi connectivity index (χ4n) is 2.10. The maximum atomic E-state index is 12.2. The topological polar surface area (TPSA) is 71.3 Å². The van der Waals surface area contributed by atoms with Crippen LogP contribution in [0.5, 0.6) is 0 Å². The molecule has 124 valence electrons. The SMILES string of the molecule is CC(NC(=O)C(C)(C)C)C(=O)NC(C)c1cc2ccccc2o1. The van der Waals surface area contributed by atoms with Gasteiger partial charge in [0.25, 0.3) is 0 Å². The molecule has 2 N–H and O–H groups in total. The minimum absolute atomic E-state index is 0.156. The second-order valence-electron chi connectivity index (χ2n) is 6.86. The Kier molecular flexibility index (Phi) is 4.78. The third kappa shape index (κ3) is 4.12. The predicted molar refractivity (Wildman–Crippen MR) is 89.8 cm³/mol. The van der Waals surface area contributed by atoms with Gasteiger partial charge in [0.2, 0.25) is 11.8 Å². The first-order chi connectivity index (χ1) is 10.7. The molecule has 0 aliphatic rings. The molecule has 23 heavy (non-hydrogen) atoms. The van der Waals surface area contributed by atoms with E-state index < -0.39 is 11.5 Å². The standard InChI is InChI=1S/C18H24N2O3/c1-11(15-10-13-8-6-7-9-14(13)23-15)19-16(21)12(2)20-17(22)18(3,4)5/h6-12H,1-5H3,(H,19,21)(H,20,22). The van der Waals surface area contributed by atoms with Crippen molar-refractivity contribution < 1.29 is 14.0 Å². The number of furan rings is 1. The van der Waals surface area contributed by atoms with Crippen molar-refractivity contribution in [2.45, 2.75) is 46.7 Å². The molecule has 0 aliphatic heterocycles. The molecule has 5 heteroatoms. The number of para-hydroxylation sites is 1. The van der Waals surface area contributed by atoms with Crippen LogP contribution in [0.15, 0.2) is 34.7 Å². The quantitative estimate of drug-likeness (QED) is 0.910. The van der Waals surface area contributed by atoms with Gasteiger partial charge in [0.15, 0.2) is 0 Å². The zero-order chi connectivity index (χ0) is 17.2. The zero-order valence-corrected chi connectivity index (χ0v) is 14.3. The molecule has 1 aromatic heterocycles. The largest absolute Gasteiger partial charge is 0.459 e. The van der Waals surface area contributed by atoms with Gasteiger partial charge in [-0.25, -0.2) is 0 Å². The third-order valence-corrected chi connectivity index (χ3v) is 3.65. The van der Waals surface area contributed by atoms with E-state index in [1.165, 1.54) is 0 Å². The number of benzene rings is 1. The summed E-state index contributed by atoms with van der Waals surface area (Å²) < 4.78 is 5.74. The highest BCUT2D eigenvalue weighted by Crippen LogP contribution is 2.23. The van der Waals surface area contributed by atoms with Crippen LogP contribution in [0, 0.1) is 5.41 Å². The first-order valence-electron chi connectivity index (χ1n) is 7.78. The summed E-state index contributed by atoms with van der Waals surface area (Å²) in [5, 5.41) is 6.59. The molecule has 0 fully saturated rings. The Hall–Kier alpha value is -2.30. The van der Waals surface area contributed by atoms with Gasteiger partial charge in [-0.15, -0.1) is 0 Å². The van der Waals surface area contributed by atoms with Crippen molar-refractivity contribution in [3.8, 4) is 0 Å². The first kappa shape index (κ1) is 17.1. The molecule has 0 aliphatic carbocycles. The van der Waals surface area contributed by atoms with E-state index in [0.717, 1.165) is 11.0 Å². The summed E-state index contributed by atoms with van der Waals surface area (Å²) in [5.74, 6) is 0.293. The average molecular weight is 316 g/mol. The van der Waals surface area contributed by atoms with E-state index >= 15 is 0 Å². The van der Waals surface area contributed by atoms with E-state index in [4.69, 9.17) is 4.42 Å². The fourth-order valence-corrected chi connectivity index (χ4v) is 2.10. The van der Waals surface area contributed by atoms with Crippen LogP contribution in [0.2, 0.25) is 0 Å². The molecule has 2 unspecified atom stereocenters. The van der Waals surface area contributed by atoms with Gasteiger partial charge in [-0.2, -0.15) is 0 Å². The number of nitrogens with one attached hydrogen (secondary N) is 2. The second-order valence-corrected chi connectivity index (χ2v) is 6.86. The van der Waals surface area contributed by atoms with Gasteiger partial charge in [0, 0.05) is 10.8 Å². The van der Waals surface area contributed by atoms with Crippen LogP contribution in [0.4, 0.5) is 0 Å². The summed E-state index contributed by atoms with van der Waals surface area (Å²) >= 11 is 0. The number of fused-ring (bicyclic) bond motifs is 1. The summed E-state index contributed by atoms with van der Waals surface area (Å²) in [5.41, 5.74) is 0.261. The molecule has 0 radical (unpaired) electrons. The minimum Gasteiger partial charge on any atom is -0.459 e. The van der Waals surface area contributed by atoms with Gasteiger partial charge in [-0.3, -0.25) is 9.59 Å². The van der Waals surface area contributed by atoms with Crippen LogP contribution in [0.25, 0.3) is 11.0 Å². The normalized spacial score (nSPS) is 14.3. The van der Waals surface area contributed by atoms with E-state index in [1.54, 1.807) is 6.92 Å². The molecule has 5 nitrogen and oxygen atoms in total. The molecular weight excluding hydrogens is 292 g/mol. The van der Waals surface area contributed by atoms with E-state index in [0.29, 0.717) is 5.76 Å². The fraction of sp³-hybridized carbons (Fsp3) is 0.444. The summed E-state index contributed by atoms with van der Waals surface area (Å²) in [6.07, 6.45) is 0. The summed E-state index contributed by atoms with van der Waals surface area (Å²) in [6, 6.07) is 8.73. The first-order valence-corrected chi connectivity index (χ1v) is 7.78. The van der Waals surface area contributed by atoms with E-state index in [2.05, 4.69) is 10.6 Å². The molecule has 0 bridgehead atoms. The lowest BCUT2D eigenvalue weighted by molar-refractivity contribution is -0.133. The predicted octanol–water partition coefficient (Wildman–Crippen LogP) is 3.16. The Morgan fingerprint density at radius 2 is 1.74 bits per heavy atom. The molecule has 2 rings (SSSR count). The van der Waals surface area contributed by atoms with Crippen LogP contribution < -0.4 is 10.6 Å². The highest BCUT2D eigenvalue weighted by atomic mass is 16.3. The van der Waals surface area contributed by atoms with Crippen molar-refractivity contribution in [3.63, 3.8) is 0 Å². The lowest BCUT2D eigenvalue weighted by atomic mass is 9.95. The van der Waals surface area contributed by atoms with Gasteiger partial charge < -0.3 is 15.1 Å². The van der Waals surface area contributed by atoms with Crippen molar-refractivity contribution >= 4 is 22.8 Å². The molecule has 2 atom stereocenters. The highest BCUT2D eigenvalue weighted by molar-refractivity contribution is 5.89. The number of carbonyl (C=O) groups is 2. The Morgan fingerprint density at radius 3 is 2.35 bits per heavy atom. The molecular formula is C18H24N2O3. The molecule has 2 aromatic rings. The Balaban J connectivity index is 2.00. The Bertz CT molecular complexity index is 679. The maximum absolute atomic E-state index is 12.2. The molecule has 1 heterocycles. The summed E-state index contributed by atoms with van der Waals surface area (Å²) in [7, 11) is 0. The number of hydrogen-bond acceptors (Lipinski definition) is 3. The van der Waals surface area contributed by atoms with Crippen molar-refractivity contribution in [2.24, 2.45) is 5.41 Å². The van der Waals surface area contributed by atoms with E-state index in [-0.39, 0.29) is 17.9 Å². The third-order valence-electron chi connectivity index (χ3n) is 3.65. The molecule has 0 saturated heterocycles. The molecule has 0 spiro atoms. The van der Waals surface area contributed by atoms with Crippen molar-refractivity contribution in [3.05, 3.63) is 36.1 Å². The van der Waals surface area contributed by atoms with Crippen molar-refractivity contribution in [1.82, 2.24) is 10.6 Å². The lowest BCUT2D eigenvalue weighted by Crippen LogP contribution is -2.48. The molecule has 2 amide bonds. The van der Waals surface area contributed by atoms with Gasteiger partial charge in [0.05, 0.1) is 6.04 Å².